The van der Waals surface area contributed by atoms with Crippen molar-refractivity contribution in [2.75, 3.05) is 0 Å². The van der Waals surface area contributed by atoms with E-state index in [0.717, 1.165) is 11.3 Å². The fraction of sp³-hybridized carbons (Fsp3) is 0.188. The molecule has 0 saturated carbocycles. The third kappa shape index (κ3) is 3.85. The lowest BCUT2D eigenvalue weighted by molar-refractivity contribution is -0.117. The molecule has 0 saturated heterocycles. The molecule has 2 N–H and O–H groups in total. The van der Waals surface area contributed by atoms with E-state index in [0.29, 0.717) is 6.61 Å². The van der Waals surface area contributed by atoms with Crippen LogP contribution in [0.2, 0.25) is 0 Å². The van der Waals surface area contributed by atoms with Gasteiger partial charge in [-0.15, -0.1) is 0 Å². The number of rotatable bonds is 5. The molecule has 2 aromatic carbocycles. The standard InChI is InChI=1S/C16H17NO2/c1-12-4-2-3-5-14(12)11-19-15-8-6-13(7-9-15)10-16(17)18/h2-9H,10-11H2,1H3,(H2,17,18). The summed E-state index contributed by atoms with van der Waals surface area (Å²) < 4.78 is 5.72. The van der Waals surface area contributed by atoms with Crippen molar-refractivity contribution >= 4 is 5.91 Å². The summed E-state index contributed by atoms with van der Waals surface area (Å²) in [7, 11) is 0. The van der Waals surface area contributed by atoms with E-state index in [9.17, 15) is 4.79 Å². The molecule has 0 unspecified atom stereocenters. The van der Waals surface area contributed by atoms with Gasteiger partial charge in [0.05, 0.1) is 6.42 Å². The highest BCUT2D eigenvalue weighted by Crippen LogP contribution is 2.16. The summed E-state index contributed by atoms with van der Waals surface area (Å²) in [6.07, 6.45) is 0.262. The summed E-state index contributed by atoms with van der Waals surface area (Å²) in [5.74, 6) is 0.463. The number of aryl methyl sites for hydroxylation is 1. The summed E-state index contributed by atoms with van der Waals surface area (Å²) in [5.41, 5.74) is 8.43. The lowest BCUT2D eigenvalue weighted by Crippen LogP contribution is -2.13. The maximum atomic E-state index is 10.8. The first-order valence-electron chi connectivity index (χ1n) is 6.19. The number of carbonyl (C=O) groups is 1. The van der Waals surface area contributed by atoms with Gasteiger partial charge in [-0.3, -0.25) is 4.79 Å². The van der Waals surface area contributed by atoms with E-state index in [1.54, 1.807) is 0 Å². The Morgan fingerprint density at radius 3 is 2.42 bits per heavy atom. The van der Waals surface area contributed by atoms with Crippen molar-refractivity contribution in [1.82, 2.24) is 0 Å². The van der Waals surface area contributed by atoms with Gasteiger partial charge in [0, 0.05) is 0 Å². The van der Waals surface area contributed by atoms with Crippen molar-refractivity contribution in [3.8, 4) is 5.75 Å². The van der Waals surface area contributed by atoms with Crippen molar-refractivity contribution < 1.29 is 9.53 Å². The molecule has 3 heteroatoms. The zero-order valence-corrected chi connectivity index (χ0v) is 10.9. The quantitative estimate of drug-likeness (QED) is 0.892. The SMILES string of the molecule is Cc1ccccc1COc1ccc(CC(N)=O)cc1. The number of ether oxygens (including phenoxy) is 1. The highest BCUT2D eigenvalue weighted by Gasteiger charge is 2.01. The highest BCUT2D eigenvalue weighted by molar-refractivity contribution is 5.76. The largest absolute Gasteiger partial charge is 0.489 e. The molecule has 3 nitrogen and oxygen atoms in total. The molecule has 0 spiro atoms. The first kappa shape index (κ1) is 13.1. The van der Waals surface area contributed by atoms with Crippen LogP contribution in [-0.4, -0.2) is 5.91 Å². The smallest absolute Gasteiger partial charge is 0.221 e. The number of hydrogen-bond donors (Lipinski definition) is 1. The number of nitrogens with two attached hydrogens (primary N) is 1. The molecule has 2 rings (SSSR count). The molecular formula is C16H17NO2. The van der Waals surface area contributed by atoms with E-state index in [4.69, 9.17) is 10.5 Å². The summed E-state index contributed by atoms with van der Waals surface area (Å²) in [4.78, 5) is 10.8. The number of primary amides is 1. The van der Waals surface area contributed by atoms with Crippen LogP contribution >= 0.6 is 0 Å². The van der Waals surface area contributed by atoms with Crippen molar-refractivity contribution in [3.63, 3.8) is 0 Å². The van der Waals surface area contributed by atoms with E-state index < -0.39 is 0 Å². The predicted octanol–water partition coefficient (Wildman–Crippen LogP) is 2.60. The molecule has 0 heterocycles. The Bertz CT molecular complexity index is 561. The third-order valence-electron chi connectivity index (χ3n) is 2.96. The Labute approximate surface area is 113 Å². The number of benzene rings is 2. The molecule has 98 valence electrons. The topological polar surface area (TPSA) is 52.3 Å². The summed E-state index contributed by atoms with van der Waals surface area (Å²) in [6.45, 7) is 2.61. The molecule has 0 atom stereocenters. The lowest BCUT2D eigenvalue weighted by Gasteiger charge is -2.09. The first-order chi connectivity index (χ1) is 9.15. The summed E-state index contributed by atoms with van der Waals surface area (Å²) >= 11 is 0. The molecule has 0 bridgehead atoms. The second kappa shape index (κ2) is 6.05. The summed E-state index contributed by atoms with van der Waals surface area (Å²) in [6, 6.07) is 15.6. The van der Waals surface area contributed by atoms with Gasteiger partial charge < -0.3 is 10.5 Å². The van der Waals surface area contributed by atoms with Gasteiger partial charge in [0.15, 0.2) is 0 Å². The van der Waals surface area contributed by atoms with Crippen LogP contribution in [0.4, 0.5) is 0 Å². The van der Waals surface area contributed by atoms with Gasteiger partial charge in [-0.25, -0.2) is 0 Å². The van der Waals surface area contributed by atoms with Gasteiger partial charge in [0.1, 0.15) is 12.4 Å². The van der Waals surface area contributed by atoms with E-state index in [1.807, 2.05) is 36.4 Å². The highest BCUT2D eigenvalue weighted by atomic mass is 16.5. The minimum absolute atomic E-state index is 0.262. The maximum Gasteiger partial charge on any atom is 0.221 e. The van der Waals surface area contributed by atoms with Crippen LogP contribution < -0.4 is 10.5 Å². The van der Waals surface area contributed by atoms with Gasteiger partial charge in [-0.1, -0.05) is 36.4 Å². The Hall–Kier alpha value is -2.29. The van der Waals surface area contributed by atoms with Crippen molar-refractivity contribution in [3.05, 3.63) is 65.2 Å². The molecule has 19 heavy (non-hydrogen) atoms. The van der Waals surface area contributed by atoms with E-state index in [-0.39, 0.29) is 12.3 Å². The first-order valence-corrected chi connectivity index (χ1v) is 6.19. The van der Waals surface area contributed by atoms with Gasteiger partial charge >= 0.3 is 0 Å². The minimum Gasteiger partial charge on any atom is -0.489 e. The molecule has 0 aromatic heterocycles. The Balaban J connectivity index is 1.97. The van der Waals surface area contributed by atoms with Gasteiger partial charge in [-0.05, 0) is 35.7 Å². The maximum absolute atomic E-state index is 10.8. The second-order valence-corrected chi connectivity index (χ2v) is 4.50. The van der Waals surface area contributed by atoms with Crippen LogP contribution in [0.25, 0.3) is 0 Å². The zero-order chi connectivity index (χ0) is 13.7. The van der Waals surface area contributed by atoms with Gasteiger partial charge in [-0.2, -0.15) is 0 Å². The fourth-order valence-electron chi connectivity index (χ4n) is 1.84. The van der Waals surface area contributed by atoms with Crippen LogP contribution in [0.5, 0.6) is 5.75 Å². The zero-order valence-electron chi connectivity index (χ0n) is 10.9. The molecule has 0 aliphatic rings. The number of amides is 1. The van der Waals surface area contributed by atoms with Crippen molar-refractivity contribution in [2.45, 2.75) is 20.0 Å². The van der Waals surface area contributed by atoms with Crippen LogP contribution in [0.1, 0.15) is 16.7 Å². The molecule has 0 aliphatic heterocycles. The average molecular weight is 255 g/mol. The van der Waals surface area contributed by atoms with Crippen LogP contribution in [0.15, 0.2) is 48.5 Å². The third-order valence-corrected chi connectivity index (χ3v) is 2.96. The molecule has 1 amide bonds. The number of hydrogen-bond acceptors (Lipinski definition) is 2. The van der Waals surface area contributed by atoms with Crippen LogP contribution in [0, 0.1) is 6.92 Å². The fourth-order valence-corrected chi connectivity index (χ4v) is 1.84. The van der Waals surface area contributed by atoms with E-state index in [1.165, 1.54) is 11.1 Å². The van der Waals surface area contributed by atoms with Crippen molar-refractivity contribution in [2.24, 2.45) is 5.73 Å². The molecule has 0 radical (unpaired) electrons. The monoisotopic (exact) mass is 255 g/mol. The van der Waals surface area contributed by atoms with Crippen LogP contribution in [-0.2, 0) is 17.8 Å². The van der Waals surface area contributed by atoms with E-state index in [2.05, 4.69) is 19.1 Å². The predicted molar refractivity (Wildman–Crippen MR) is 74.9 cm³/mol. The molecular weight excluding hydrogens is 238 g/mol. The average Bonchev–Trinajstić information content (AvgIpc) is 2.39. The Morgan fingerprint density at radius 2 is 1.79 bits per heavy atom. The molecule has 0 aliphatic carbocycles. The Morgan fingerprint density at radius 1 is 1.11 bits per heavy atom. The minimum atomic E-state index is -0.325. The van der Waals surface area contributed by atoms with E-state index >= 15 is 0 Å². The molecule has 0 fully saturated rings. The normalized spacial score (nSPS) is 10.2. The Kier molecular flexibility index (Phi) is 4.18. The number of carbonyl (C=O) groups excluding carboxylic acids is 1. The second-order valence-electron chi connectivity index (χ2n) is 4.50. The van der Waals surface area contributed by atoms with Crippen LogP contribution in [0.3, 0.4) is 0 Å². The lowest BCUT2D eigenvalue weighted by atomic mass is 10.1. The summed E-state index contributed by atoms with van der Waals surface area (Å²) in [5, 5.41) is 0. The van der Waals surface area contributed by atoms with Gasteiger partial charge in [0.2, 0.25) is 5.91 Å². The molecule has 2 aromatic rings. The van der Waals surface area contributed by atoms with Crippen molar-refractivity contribution in [1.29, 1.82) is 0 Å². The van der Waals surface area contributed by atoms with Gasteiger partial charge in [0.25, 0.3) is 0 Å².